The first-order chi connectivity index (χ1) is 10.3. The Labute approximate surface area is 136 Å². The quantitative estimate of drug-likeness (QED) is 0.815. The molecule has 0 aliphatic carbocycles. The van der Waals surface area contributed by atoms with Crippen LogP contribution in [0.2, 0.25) is 0 Å². The fourth-order valence-corrected chi connectivity index (χ4v) is 4.42. The monoisotopic (exact) mass is 345 g/mol. The Balaban J connectivity index is 1.96. The third-order valence-corrected chi connectivity index (χ3v) is 5.68. The lowest BCUT2D eigenvalue weighted by Crippen LogP contribution is -2.41. The van der Waals surface area contributed by atoms with E-state index in [-0.39, 0.29) is 17.7 Å². The SMILES string of the molecule is Cc1nc(C(=O)N2CCCN(C(C)CS(C)(=O)=O)CC2)cs1. The van der Waals surface area contributed by atoms with Crippen LogP contribution >= 0.6 is 11.3 Å². The summed E-state index contributed by atoms with van der Waals surface area (Å²) in [6, 6.07) is -0.0217. The van der Waals surface area contributed by atoms with Gasteiger partial charge in [0.05, 0.1) is 10.8 Å². The van der Waals surface area contributed by atoms with Gasteiger partial charge in [-0.2, -0.15) is 0 Å². The number of thiazole rings is 1. The molecular formula is C14H23N3O3S2. The molecule has 2 heterocycles. The molecule has 1 atom stereocenters. The van der Waals surface area contributed by atoms with E-state index in [1.165, 1.54) is 17.6 Å². The first-order valence-corrected chi connectivity index (χ1v) is 10.3. The zero-order chi connectivity index (χ0) is 16.3. The molecule has 124 valence electrons. The first kappa shape index (κ1) is 17.4. The minimum atomic E-state index is -2.99. The normalized spacial score (nSPS) is 19.0. The molecule has 2 rings (SSSR count). The van der Waals surface area contributed by atoms with E-state index in [0.717, 1.165) is 18.0 Å². The number of nitrogens with zero attached hydrogens (tertiary/aromatic N) is 3. The number of aromatic nitrogens is 1. The summed E-state index contributed by atoms with van der Waals surface area (Å²) < 4.78 is 22.9. The number of amides is 1. The van der Waals surface area contributed by atoms with Gasteiger partial charge < -0.3 is 4.90 Å². The van der Waals surface area contributed by atoms with Crippen molar-refractivity contribution in [3.8, 4) is 0 Å². The van der Waals surface area contributed by atoms with E-state index in [1.54, 1.807) is 5.38 Å². The van der Waals surface area contributed by atoms with Crippen molar-refractivity contribution < 1.29 is 13.2 Å². The van der Waals surface area contributed by atoms with Crippen LogP contribution in [0.15, 0.2) is 5.38 Å². The van der Waals surface area contributed by atoms with Gasteiger partial charge in [-0.1, -0.05) is 0 Å². The molecule has 1 amide bonds. The summed E-state index contributed by atoms with van der Waals surface area (Å²) in [7, 11) is -2.99. The van der Waals surface area contributed by atoms with Crippen molar-refractivity contribution >= 4 is 27.1 Å². The second-order valence-corrected chi connectivity index (χ2v) is 9.12. The van der Waals surface area contributed by atoms with Crippen molar-refractivity contribution in [2.75, 3.05) is 38.2 Å². The summed E-state index contributed by atoms with van der Waals surface area (Å²) in [5.41, 5.74) is 0.514. The first-order valence-electron chi connectivity index (χ1n) is 7.39. The maximum absolute atomic E-state index is 12.4. The minimum Gasteiger partial charge on any atom is -0.336 e. The number of sulfone groups is 1. The molecule has 0 N–H and O–H groups in total. The Morgan fingerprint density at radius 2 is 2.09 bits per heavy atom. The molecular weight excluding hydrogens is 322 g/mol. The average molecular weight is 345 g/mol. The predicted octanol–water partition coefficient (Wildman–Crippen LogP) is 1.03. The van der Waals surface area contributed by atoms with Crippen LogP contribution in [0.25, 0.3) is 0 Å². The van der Waals surface area contributed by atoms with Gasteiger partial charge in [-0.3, -0.25) is 9.69 Å². The second-order valence-electron chi connectivity index (χ2n) is 5.87. The second kappa shape index (κ2) is 7.06. The van der Waals surface area contributed by atoms with Gasteiger partial charge in [-0.25, -0.2) is 13.4 Å². The summed E-state index contributed by atoms with van der Waals surface area (Å²) in [5.74, 6) is 0.133. The highest BCUT2D eigenvalue weighted by molar-refractivity contribution is 7.90. The molecule has 1 unspecified atom stereocenters. The lowest BCUT2D eigenvalue weighted by atomic mass is 10.3. The number of carbonyl (C=O) groups excluding carboxylic acids is 1. The topological polar surface area (TPSA) is 70.6 Å². The molecule has 1 fully saturated rings. The van der Waals surface area contributed by atoms with E-state index in [1.807, 2.05) is 18.7 Å². The zero-order valence-electron chi connectivity index (χ0n) is 13.3. The van der Waals surface area contributed by atoms with Crippen LogP contribution in [0.4, 0.5) is 0 Å². The minimum absolute atomic E-state index is 0.0217. The lowest BCUT2D eigenvalue weighted by Gasteiger charge is -2.27. The Morgan fingerprint density at radius 1 is 1.36 bits per heavy atom. The van der Waals surface area contributed by atoms with Crippen LogP contribution in [-0.4, -0.2) is 73.3 Å². The van der Waals surface area contributed by atoms with E-state index >= 15 is 0 Å². The van der Waals surface area contributed by atoms with Crippen LogP contribution in [-0.2, 0) is 9.84 Å². The highest BCUT2D eigenvalue weighted by Gasteiger charge is 2.25. The number of aryl methyl sites for hydroxylation is 1. The Kier molecular flexibility index (Phi) is 5.57. The Bertz CT molecular complexity index is 627. The van der Waals surface area contributed by atoms with Gasteiger partial charge in [-0.15, -0.1) is 11.3 Å². The molecule has 1 aromatic heterocycles. The van der Waals surface area contributed by atoms with Crippen LogP contribution in [0.5, 0.6) is 0 Å². The van der Waals surface area contributed by atoms with Gasteiger partial charge >= 0.3 is 0 Å². The van der Waals surface area contributed by atoms with Gasteiger partial charge in [0.15, 0.2) is 0 Å². The molecule has 22 heavy (non-hydrogen) atoms. The Morgan fingerprint density at radius 3 is 2.68 bits per heavy atom. The molecule has 1 aliphatic heterocycles. The van der Waals surface area contributed by atoms with Crippen molar-refractivity contribution in [1.29, 1.82) is 0 Å². The van der Waals surface area contributed by atoms with E-state index in [0.29, 0.717) is 25.3 Å². The van der Waals surface area contributed by atoms with Crippen molar-refractivity contribution in [1.82, 2.24) is 14.8 Å². The summed E-state index contributed by atoms with van der Waals surface area (Å²) in [5, 5.41) is 2.69. The maximum atomic E-state index is 12.4. The smallest absolute Gasteiger partial charge is 0.273 e. The summed E-state index contributed by atoms with van der Waals surface area (Å²) in [6.07, 6.45) is 2.12. The van der Waals surface area contributed by atoms with Crippen LogP contribution < -0.4 is 0 Å². The maximum Gasteiger partial charge on any atom is 0.273 e. The van der Waals surface area contributed by atoms with E-state index < -0.39 is 9.84 Å². The van der Waals surface area contributed by atoms with Gasteiger partial charge in [0, 0.05) is 43.9 Å². The van der Waals surface area contributed by atoms with Gasteiger partial charge in [-0.05, 0) is 20.3 Å². The molecule has 0 aromatic carbocycles. The largest absolute Gasteiger partial charge is 0.336 e. The Hall–Kier alpha value is -0.990. The van der Waals surface area contributed by atoms with Crippen molar-refractivity contribution in [3.63, 3.8) is 0 Å². The number of carbonyl (C=O) groups is 1. The van der Waals surface area contributed by atoms with Gasteiger partial charge in [0.2, 0.25) is 0 Å². The van der Waals surface area contributed by atoms with E-state index in [4.69, 9.17) is 0 Å². The number of rotatable bonds is 4. The summed E-state index contributed by atoms with van der Waals surface area (Å²) >= 11 is 1.48. The summed E-state index contributed by atoms with van der Waals surface area (Å²) in [6.45, 7) is 6.64. The standard InChI is InChI=1S/C14H23N3O3S2/c1-11(10-22(3,19)20)16-5-4-6-17(8-7-16)14(18)13-9-21-12(2)15-13/h9,11H,4-8,10H2,1-3H3. The fourth-order valence-electron chi connectivity index (χ4n) is 2.75. The lowest BCUT2D eigenvalue weighted by molar-refractivity contribution is 0.0754. The fraction of sp³-hybridized carbons (Fsp3) is 0.714. The molecule has 1 saturated heterocycles. The van der Waals surface area contributed by atoms with Crippen molar-refractivity contribution in [2.45, 2.75) is 26.3 Å². The van der Waals surface area contributed by atoms with Crippen LogP contribution in [0, 0.1) is 6.92 Å². The molecule has 0 spiro atoms. The van der Waals surface area contributed by atoms with Crippen LogP contribution in [0.3, 0.4) is 0 Å². The molecule has 1 aromatic rings. The zero-order valence-corrected chi connectivity index (χ0v) is 14.9. The van der Waals surface area contributed by atoms with Crippen molar-refractivity contribution in [2.24, 2.45) is 0 Å². The molecule has 0 bridgehead atoms. The molecule has 1 aliphatic rings. The highest BCUT2D eigenvalue weighted by atomic mass is 32.2. The van der Waals surface area contributed by atoms with E-state index in [9.17, 15) is 13.2 Å². The van der Waals surface area contributed by atoms with Crippen LogP contribution in [0.1, 0.15) is 28.8 Å². The number of hydrogen-bond donors (Lipinski definition) is 0. The van der Waals surface area contributed by atoms with Gasteiger partial charge in [0.1, 0.15) is 15.5 Å². The van der Waals surface area contributed by atoms with Gasteiger partial charge in [0.25, 0.3) is 5.91 Å². The van der Waals surface area contributed by atoms with Crippen molar-refractivity contribution in [3.05, 3.63) is 16.1 Å². The third kappa shape index (κ3) is 4.76. The molecule has 0 saturated carbocycles. The predicted molar refractivity (Wildman–Crippen MR) is 88.1 cm³/mol. The highest BCUT2D eigenvalue weighted by Crippen LogP contribution is 2.14. The summed E-state index contributed by atoms with van der Waals surface area (Å²) in [4.78, 5) is 20.7. The average Bonchev–Trinajstić information content (AvgIpc) is 2.70. The molecule has 8 heteroatoms. The number of hydrogen-bond acceptors (Lipinski definition) is 6. The van der Waals surface area contributed by atoms with E-state index in [2.05, 4.69) is 9.88 Å². The third-order valence-electron chi connectivity index (χ3n) is 3.82. The molecule has 0 radical (unpaired) electrons. The molecule has 6 nitrogen and oxygen atoms in total.